The van der Waals surface area contributed by atoms with Gasteiger partial charge in [-0.05, 0) is 36.6 Å². The Labute approximate surface area is 91.2 Å². The van der Waals surface area contributed by atoms with E-state index in [0.29, 0.717) is 19.1 Å². The Morgan fingerprint density at radius 2 is 2.13 bits per heavy atom. The maximum Gasteiger partial charge on any atom is 0.119 e. The lowest BCUT2D eigenvalue weighted by Crippen LogP contribution is -2.21. The molecule has 0 amide bonds. The van der Waals surface area contributed by atoms with Crippen LogP contribution in [0.4, 0.5) is 0 Å². The zero-order chi connectivity index (χ0) is 11.1. The quantitative estimate of drug-likeness (QED) is 0.771. The van der Waals surface area contributed by atoms with E-state index in [0.717, 1.165) is 12.2 Å². The first kappa shape index (κ1) is 12.0. The molecule has 0 aliphatic carbocycles. The second kappa shape index (κ2) is 6.43. The summed E-state index contributed by atoms with van der Waals surface area (Å²) in [4.78, 5) is 0. The minimum atomic E-state index is 0.377. The van der Waals surface area contributed by atoms with Gasteiger partial charge in [-0.2, -0.15) is 0 Å². The van der Waals surface area contributed by atoms with Gasteiger partial charge in [0.1, 0.15) is 5.75 Å². The highest BCUT2D eigenvalue weighted by Gasteiger charge is 2.07. The van der Waals surface area contributed by atoms with Gasteiger partial charge in [-0.15, -0.1) is 0 Å². The number of nitrogens with two attached hydrogens (primary N) is 1. The van der Waals surface area contributed by atoms with Crippen LogP contribution in [-0.4, -0.2) is 27.4 Å². The first-order valence-corrected chi connectivity index (χ1v) is 5.12. The maximum absolute atomic E-state index is 5.67. The molecule has 0 aromatic heterocycles. The summed E-state index contributed by atoms with van der Waals surface area (Å²) in [6.07, 6.45) is 0.932. The third kappa shape index (κ3) is 3.90. The lowest BCUT2D eigenvalue weighted by molar-refractivity contribution is 0.155. The summed E-state index contributed by atoms with van der Waals surface area (Å²) in [6.45, 7) is 1.35. The van der Waals surface area contributed by atoms with E-state index in [-0.39, 0.29) is 0 Å². The normalized spacial score (nSPS) is 12.5. The van der Waals surface area contributed by atoms with Gasteiger partial charge in [0, 0.05) is 7.11 Å². The van der Waals surface area contributed by atoms with Crippen LogP contribution >= 0.6 is 0 Å². The monoisotopic (exact) mass is 209 g/mol. The van der Waals surface area contributed by atoms with Crippen LogP contribution in [0.3, 0.4) is 0 Å². The molecule has 0 radical (unpaired) electrons. The first-order valence-electron chi connectivity index (χ1n) is 5.12. The van der Waals surface area contributed by atoms with Crippen LogP contribution in [0.15, 0.2) is 24.3 Å². The van der Waals surface area contributed by atoms with E-state index in [1.165, 1.54) is 5.56 Å². The van der Waals surface area contributed by atoms with E-state index in [1.807, 2.05) is 18.2 Å². The van der Waals surface area contributed by atoms with Gasteiger partial charge < -0.3 is 15.2 Å². The van der Waals surface area contributed by atoms with Crippen molar-refractivity contribution in [2.24, 2.45) is 11.7 Å². The Morgan fingerprint density at radius 1 is 1.33 bits per heavy atom. The van der Waals surface area contributed by atoms with Crippen molar-refractivity contribution >= 4 is 0 Å². The molecule has 2 N–H and O–H groups in total. The molecule has 84 valence electrons. The zero-order valence-corrected chi connectivity index (χ0v) is 9.40. The molecule has 1 aromatic carbocycles. The number of ether oxygens (including phenoxy) is 2. The smallest absolute Gasteiger partial charge is 0.119 e. The molecule has 0 aliphatic heterocycles. The Balaban J connectivity index is 2.61. The van der Waals surface area contributed by atoms with Crippen molar-refractivity contribution in [3.8, 4) is 5.75 Å². The van der Waals surface area contributed by atoms with Gasteiger partial charge in [-0.3, -0.25) is 0 Å². The molecule has 0 saturated carbocycles. The third-order valence-corrected chi connectivity index (χ3v) is 2.39. The van der Waals surface area contributed by atoms with Crippen LogP contribution in [0, 0.1) is 5.92 Å². The number of hydrogen-bond acceptors (Lipinski definition) is 3. The summed E-state index contributed by atoms with van der Waals surface area (Å²) >= 11 is 0. The molecule has 15 heavy (non-hydrogen) atoms. The summed E-state index contributed by atoms with van der Waals surface area (Å²) in [5.74, 6) is 1.27. The van der Waals surface area contributed by atoms with Gasteiger partial charge >= 0.3 is 0 Å². The predicted molar refractivity (Wildman–Crippen MR) is 61.1 cm³/mol. The van der Waals surface area contributed by atoms with Gasteiger partial charge in [0.05, 0.1) is 13.7 Å². The van der Waals surface area contributed by atoms with E-state index in [1.54, 1.807) is 14.2 Å². The Bertz CT molecular complexity index is 289. The first-order chi connectivity index (χ1) is 7.30. The predicted octanol–water partition coefficient (Wildman–Crippen LogP) is 1.46. The highest BCUT2D eigenvalue weighted by atomic mass is 16.5. The number of hydrogen-bond donors (Lipinski definition) is 1. The molecular weight excluding hydrogens is 190 g/mol. The summed E-state index contributed by atoms with van der Waals surface area (Å²) in [5.41, 5.74) is 6.90. The fourth-order valence-electron chi connectivity index (χ4n) is 1.58. The maximum atomic E-state index is 5.67. The van der Waals surface area contributed by atoms with Crippen molar-refractivity contribution < 1.29 is 9.47 Å². The molecule has 1 atom stereocenters. The molecule has 1 unspecified atom stereocenters. The van der Waals surface area contributed by atoms with E-state index in [9.17, 15) is 0 Å². The summed E-state index contributed by atoms with van der Waals surface area (Å²) in [5, 5.41) is 0. The van der Waals surface area contributed by atoms with Crippen molar-refractivity contribution in [1.29, 1.82) is 0 Å². The number of benzene rings is 1. The molecule has 0 fully saturated rings. The number of methoxy groups -OCH3 is 2. The van der Waals surface area contributed by atoms with E-state index >= 15 is 0 Å². The molecule has 1 aromatic rings. The minimum absolute atomic E-state index is 0.377. The second-order valence-corrected chi connectivity index (χ2v) is 3.61. The van der Waals surface area contributed by atoms with Crippen LogP contribution in [0.5, 0.6) is 5.75 Å². The lowest BCUT2D eigenvalue weighted by atomic mass is 10.00. The zero-order valence-electron chi connectivity index (χ0n) is 9.40. The molecule has 3 heteroatoms. The van der Waals surface area contributed by atoms with Crippen LogP contribution in [-0.2, 0) is 11.2 Å². The molecule has 3 nitrogen and oxygen atoms in total. The SMILES string of the molecule is COCC(CN)Cc1cccc(OC)c1. The topological polar surface area (TPSA) is 44.5 Å². The highest BCUT2D eigenvalue weighted by molar-refractivity contribution is 5.28. The van der Waals surface area contributed by atoms with E-state index in [4.69, 9.17) is 15.2 Å². The van der Waals surface area contributed by atoms with Gasteiger partial charge in [0.25, 0.3) is 0 Å². The molecular formula is C12H19NO2. The van der Waals surface area contributed by atoms with Crippen molar-refractivity contribution in [3.63, 3.8) is 0 Å². The van der Waals surface area contributed by atoms with E-state index in [2.05, 4.69) is 6.07 Å². The Kier molecular flexibility index (Phi) is 5.15. The van der Waals surface area contributed by atoms with Crippen molar-refractivity contribution in [2.75, 3.05) is 27.4 Å². The average Bonchev–Trinajstić information content (AvgIpc) is 2.29. The molecule has 0 saturated heterocycles. The number of rotatable bonds is 6. The largest absolute Gasteiger partial charge is 0.497 e. The Morgan fingerprint density at radius 3 is 2.73 bits per heavy atom. The van der Waals surface area contributed by atoms with Crippen LogP contribution in [0.1, 0.15) is 5.56 Å². The summed E-state index contributed by atoms with van der Waals surface area (Å²) < 4.78 is 10.3. The molecule has 1 rings (SSSR count). The summed E-state index contributed by atoms with van der Waals surface area (Å²) in [7, 11) is 3.38. The standard InChI is InChI=1S/C12H19NO2/c1-14-9-11(8-13)6-10-4-3-5-12(7-10)15-2/h3-5,7,11H,6,8-9,13H2,1-2H3. The van der Waals surface area contributed by atoms with Crippen molar-refractivity contribution in [1.82, 2.24) is 0 Å². The second-order valence-electron chi connectivity index (χ2n) is 3.61. The average molecular weight is 209 g/mol. The van der Waals surface area contributed by atoms with Crippen molar-refractivity contribution in [2.45, 2.75) is 6.42 Å². The fourth-order valence-corrected chi connectivity index (χ4v) is 1.58. The molecule has 0 aliphatic rings. The van der Waals surface area contributed by atoms with Gasteiger partial charge in [-0.1, -0.05) is 12.1 Å². The lowest BCUT2D eigenvalue weighted by Gasteiger charge is -2.13. The van der Waals surface area contributed by atoms with Gasteiger partial charge in [0.2, 0.25) is 0 Å². The van der Waals surface area contributed by atoms with Gasteiger partial charge in [-0.25, -0.2) is 0 Å². The highest BCUT2D eigenvalue weighted by Crippen LogP contribution is 2.15. The third-order valence-electron chi connectivity index (χ3n) is 2.39. The van der Waals surface area contributed by atoms with Gasteiger partial charge in [0.15, 0.2) is 0 Å². The molecule has 0 bridgehead atoms. The minimum Gasteiger partial charge on any atom is -0.497 e. The fraction of sp³-hybridized carbons (Fsp3) is 0.500. The Hall–Kier alpha value is -1.06. The van der Waals surface area contributed by atoms with Crippen LogP contribution in [0.2, 0.25) is 0 Å². The van der Waals surface area contributed by atoms with E-state index < -0.39 is 0 Å². The van der Waals surface area contributed by atoms with Crippen molar-refractivity contribution in [3.05, 3.63) is 29.8 Å². The van der Waals surface area contributed by atoms with Crippen LogP contribution < -0.4 is 10.5 Å². The molecule has 0 spiro atoms. The van der Waals surface area contributed by atoms with Crippen LogP contribution in [0.25, 0.3) is 0 Å². The summed E-state index contributed by atoms with van der Waals surface area (Å²) in [6, 6.07) is 8.06. The molecule has 0 heterocycles.